The van der Waals surface area contributed by atoms with E-state index >= 15 is 0 Å². The summed E-state index contributed by atoms with van der Waals surface area (Å²) in [5, 5.41) is 0. The number of hydrogen-bond acceptors (Lipinski definition) is 6. The van der Waals surface area contributed by atoms with E-state index in [0.717, 1.165) is 25.0 Å². The fraction of sp³-hybridized carbons (Fsp3) is 0.522. The van der Waals surface area contributed by atoms with Gasteiger partial charge in [0.05, 0.1) is 6.20 Å². The Morgan fingerprint density at radius 3 is 2.53 bits per heavy atom. The lowest BCUT2D eigenvalue weighted by molar-refractivity contribution is -0.138. The predicted molar refractivity (Wildman–Crippen MR) is 115 cm³/mol. The van der Waals surface area contributed by atoms with Crippen LogP contribution >= 0.6 is 0 Å². The van der Waals surface area contributed by atoms with Crippen molar-refractivity contribution in [3.63, 3.8) is 0 Å². The summed E-state index contributed by atoms with van der Waals surface area (Å²) in [6.07, 6.45) is -1.01. The van der Waals surface area contributed by atoms with E-state index in [2.05, 4.69) is 9.97 Å². The van der Waals surface area contributed by atoms with E-state index in [1.54, 1.807) is 4.90 Å². The van der Waals surface area contributed by atoms with Crippen LogP contribution in [0.1, 0.15) is 39.2 Å². The molecule has 1 atom stereocenters. The molecule has 2 aliphatic rings. The molecule has 0 saturated carbocycles. The maximum Gasteiger partial charge on any atom is 0.420 e. The number of hydrogen-bond donors (Lipinski definition) is 0. The molecule has 0 bridgehead atoms. The number of carbonyl (C=O) groups excluding carboxylic acids is 1. The van der Waals surface area contributed by atoms with E-state index in [1.807, 2.05) is 25.7 Å². The van der Waals surface area contributed by atoms with E-state index < -0.39 is 28.9 Å². The maximum absolute atomic E-state index is 13.5. The lowest BCUT2D eigenvalue weighted by Crippen LogP contribution is -2.37. The van der Waals surface area contributed by atoms with E-state index in [0.29, 0.717) is 38.1 Å². The molecule has 1 amide bonds. The number of halogens is 4. The fourth-order valence-corrected chi connectivity index (χ4v) is 4.42. The van der Waals surface area contributed by atoms with Crippen molar-refractivity contribution in [2.24, 2.45) is 5.41 Å². The van der Waals surface area contributed by atoms with Gasteiger partial charge in [-0.1, -0.05) is 0 Å². The minimum Gasteiger partial charge on any atom is -0.451 e. The highest BCUT2D eigenvalue weighted by Crippen LogP contribution is 2.44. The highest BCUT2D eigenvalue weighted by atomic mass is 19.4. The molecule has 3 heterocycles. The summed E-state index contributed by atoms with van der Waals surface area (Å²) >= 11 is 0. The normalized spacial score (nSPS) is 20.8. The predicted octanol–water partition coefficient (Wildman–Crippen LogP) is 5.26. The van der Waals surface area contributed by atoms with Crippen molar-refractivity contribution >= 4 is 11.9 Å². The highest BCUT2D eigenvalue weighted by Gasteiger charge is 2.46. The first kappa shape index (κ1) is 24.0. The molecule has 7 nitrogen and oxygen atoms in total. The van der Waals surface area contributed by atoms with Crippen LogP contribution in [0.3, 0.4) is 0 Å². The first-order valence-electron chi connectivity index (χ1n) is 10.9. The quantitative estimate of drug-likeness (QED) is 0.556. The Balaban J connectivity index is 1.52. The number of anilines is 1. The van der Waals surface area contributed by atoms with Crippen LogP contribution in [0.15, 0.2) is 30.7 Å². The zero-order valence-corrected chi connectivity index (χ0v) is 19.2. The third-order valence-corrected chi connectivity index (χ3v) is 5.95. The van der Waals surface area contributed by atoms with E-state index in [9.17, 15) is 22.4 Å². The van der Waals surface area contributed by atoms with E-state index in [4.69, 9.17) is 9.47 Å². The van der Waals surface area contributed by atoms with Gasteiger partial charge in [-0.05, 0) is 51.8 Å². The van der Waals surface area contributed by atoms with Crippen molar-refractivity contribution in [3.05, 3.63) is 42.1 Å². The first-order chi connectivity index (χ1) is 15.9. The molecule has 34 heavy (non-hydrogen) atoms. The Morgan fingerprint density at radius 1 is 1.09 bits per heavy atom. The lowest BCUT2D eigenvalue weighted by atomic mass is 9.86. The van der Waals surface area contributed by atoms with Crippen LogP contribution in [0, 0.1) is 11.2 Å². The van der Waals surface area contributed by atoms with Crippen LogP contribution in [0.2, 0.25) is 0 Å². The number of ether oxygens (including phenoxy) is 2. The van der Waals surface area contributed by atoms with Gasteiger partial charge in [0.25, 0.3) is 0 Å². The Labute approximate surface area is 194 Å². The highest BCUT2D eigenvalue weighted by molar-refractivity contribution is 5.68. The van der Waals surface area contributed by atoms with Crippen molar-refractivity contribution in [2.45, 2.75) is 45.4 Å². The number of amides is 1. The van der Waals surface area contributed by atoms with Gasteiger partial charge in [-0.15, -0.1) is 0 Å². The topological polar surface area (TPSA) is 67.8 Å². The van der Waals surface area contributed by atoms with Gasteiger partial charge >= 0.3 is 12.3 Å². The largest absolute Gasteiger partial charge is 0.451 e. The monoisotopic (exact) mass is 482 g/mol. The molecule has 0 N–H and O–H groups in total. The summed E-state index contributed by atoms with van der Waals surface area (Å²) in [6.45, 7) is 7.68. The minimum atomic E-state index is -4.79. The van der Waals surface area contributed by atoms with Crippen LogP contribution < -0.4 is 9.64 Å². The molecule has 1 aromatic heterocycles. The van der Waals surface area contributed by atoms with Gasteiger partial charge in [0.2, 0.25) is 0 Å². The van der Waals surface area contributed by atoms with Crippen LogP contribution in [-0.2, 0) is 10.9 Å². The van der Waals surface area contributed by atoms with Gasteiger partial charge < -0.3 is 19.3 Å². The van der Waals surface area contributed by atoms with Crippen LogP contribution in [-0.4, -0.2) is 52.7 Å². The van der Waals surface area contributed by atoms with Gasteiger partial charge in [-0.3, -0.25) is 0 Å². The number of nitrogens with zero attached hydrogens (tertiary/aromatic N) is 4. The summed E-state index contributed by atoms with van der Waals surface area (Å²) in [5.41, 5.74) is -1.98. The molecule has 184 valence electrons. The molecule has 0 aliphatic carbocycles. The third kappa shape index (κ3) is 5.18. The summed E-state index contributed by atoms with van der Waals surface area (Å²) < 4.78 is 64.7. The number of rotatable bonds is 3. The molecular weight excluding hydrogens is 456 g/mol. The molecule has 1 spiro atoms. The number of likely N-dealkylation sites (tertiary alicyclic amines) is 1. The van der Waals surface area contributed by atoms with Crippen molar-refractivity contribution in [2.75, 3.05) is 31.1 Å². The Kier molecular flexibility index (Phi) is 6.07. The van der Waals surface area contributed by atoms with Crippen molar-refractivity contribution in [1.82, 2.24) is 14.9 Å². The van der Waals surface area contributed by atoms with Gasteiger partial charge in [-0.2, -0.15) is 13.2 Å². The lowest BCUT2D eigenvalue weighted by Gasteiger charge is -2.27. The maximum atomic E-state index is 13.5. The number of benzene rings is 1. The van der Waals surface area contributed by atoms with Crippen molar-refractivity contribution < 1.29 is 31.8 Å². The fourth-order valence-electron chi connectivity index (χ4n) is 4.42. The molecule has 1 aromatic carbocycles. The molecule has 4 rings (SSSR count). The average Bonchev–Trinajstić information content (AvgIpc) is 3.35. The van der Waals surface area contributed by atoms with E-state index in [-0.39, 0.29) is 17.3 Å². The Hall–Kier alpha value is -3.11. The Morgan fingerprint density at radius 2 is 1.82 bits per heavy atom. The van der Waals surface area contributed by atoms with Gasteiger partial charge in [-0.25, -0.2) is 19.2 Å². The van der Waals surface area contributed by atoms with Crippen molar-refractivity contribution in [1.29, 1.82) is 0 Å². The van der Waals surface area contributed by atoms with Gasteiger partial charge in [0.1, 0.15) is 29.1 Å². The first-order valence-corrected chi connectivity index (χ1v) is 10.9. The zero-order valence-electron chi connectivity index (χ0n) is 19.2. The number of carbonyl (C=O) groups is 1. The zero-order chi connectivity index (χ0) is 24.7. The molecule has 1 unspecified atom stereocenters. The molecular formula is C23H26F4N4O3. The van der Waals surface area contributed by atoms with Gasteiger partial charge in [0, 0.05) is 31.6 Å². The third-order valence-electron chi connectivity index (χ3n) is 5.95. The molecule has 2 aliphatic heterocycles. The molecule has 2 saturated heterocycles. The van der Waals surface area contributed by atoms with Crippen molar-refractivity contribution in [3.8, 4) is 11.5 Å². The second kappa shape index (κ2) is 8.59. The number of aromatic nitrogens is 2. The standard InChI is InChI=1S/C23H26F4N4O3/c1-21(2,3)34-20(32)31-9-7-22(13-31)6-8-30(12-22)19-18(11-28-14-29-19)33-17-5-4-15(24)10-16(17)23(25,26)27/h4-5,10-11,14H,6-9,12-13H2,1-3H3. The SMILES string of the molecule is CC(C)(C)OC(=O)N1CCC2(CCN(c3ncncc3Oc3ccc(F)cc3C(F)(F)F)C2)C1. The average molecular weight is 482 g/mol. The molecule has 0 radical (unpaired) electrons. The second-order valence-corrected chi connectivity index (χ2v) is 9.77. The van der Waals surface area contributed by atoms with Gasteiger partial charge in [0.15, 0.2) is 11.6 Å². The molecule has 2 aromatic rings. The smallest absolute Gasteiger partial charge is 0.420 e. The summed E-state index contributed by atoms with van der Waals surface area (Å²) in [5.74, 6) is -1.16. The van der Waals surface area contributed by atoms with Crippen LogP contribution in [0.5, 0.6) is 11.5 Å². The number of alkyl halides is 3. The molecule has 11 heteroatoms. The summed E-state index contributed by atoms with van der Waals surface area (Å²) in [6, 6.07) is 2.24. The van der Waals surface area contributed by atoms with E-state index in [1.165, 1.54) is 12.5 Å². The summed E-state index contributed by atoms with van der Waals surface area (Å²) in [4.78, 5) is 24.2. The van der Waals surface area contributed by atoms with Crippen LogP contribution in [0.25, 0.3) is 0 Å². The minimum absolute atomic E-state index is 0.0404. The second-order valence-electron chi connectivity index (χ2n) is 9.77. The summed E-state index contributed by atoms with van der Waals surface area (Å²) in [7, 11) is 0. The Bertz CT molecular complexity index is 1070. The molecule has 2 fully saturated rings. The van der Waals surface area contributed by atoms with Crippen LogP contribution in [0.4, 0.5) is 28.2 Å².